The standard InChI is InChI=1S/C14H17N3OS/c1-17(2)13-5-3-4-11(6-13)8-15-14(18)7-12-9-19-10-16-12/h3-6,9-10H,7-8H2,1-2H3,(H,15,18). The van der Waals surface area contributed by atoms with E-state index in [4.69, 9.17) is 0 Å². The molecular weight excluding hydrogens is 258 g/mol. The van der Waals surface area contributed by atoms with Crippen molar-refractivity contribution in [2.24, 2.45) is 0 Å². The van der Waals surface area contributed by atoms with Crippen molar-refractivity contribution < 1.29 is 4.79 Å². The fraction of sp³-hybridized carbons (Fsp3) is 0.286. The number of hydrogen-bond donors (Lipinski definition) is 1. The van der Waals surface area contributed by atoms with E-state index >= 15 is 0 Å². The fourth-order valence-corrected chi connectivity index (χ4v) is 2.26. The first-order valence-corrected chi connectivity index (χ1v) is 6.99. The number of nitrogens with zero attached hydrogens (tertiary/aromatic N) is 2. The Labute approximate surface area is 117 Å². The molecule has 0 unspecified atom stereocenters. The maximum Gasteiger partial charge on any atom is 0.226 e. The molecule has 0 saturated carbocycles. The molecule has 2 aromatic rings. The maximum atomic E-state index is 11.7. The largest absolute Gasteiger partial charge is 0.378 e. The van der Waals surface area contributed by atoms with E-state index in [0.29, 0.717) is 13.0 Å². The van der Waals surface area contributed by atoms with Gasteiger partial charge in [0.25, 0.3) is 0 Å². The van der Waals surface area contributed by atoms with E-state index in [1.54, 1.807) is 5.51 Å². The first kappa shape index (κ1) is 13.5. The van der Waals surface area contributed by atoms with Gasteiger partial charge < -0.3 is 10.2 Å². The number of rotatable bonds is 5. The minimum atomic E-state index is 0.00107. The topological polar surface area (TPSA) is 45.2 Å². The van der Waals surface area contributed by atoms with Crippen LogP contribution in [0.2, 0.25) is 0 Å². The molecule has 0 radical (unpaired) electrons. The molecule has 0 aliphatic heterocycles. The van der Waals surface area contributed by atoms with Gasteiger partial charge in [-0.3, -0.25) is 4.79 Å². The number of thiazole rings is 1. The number of amides is 1. The molecule has 1 amide bonds. The summed E-state index contributed by atoms with van der Waals surface area (Å²) < 4.78 is 0. The molecule has 0 atom stereocenters. The quantitative estimate of drug-likeness (QED) is 0.908. The van der Waals surface area contributed by atoms with Crippen LogP contribution in [0.4, 0.5) is 5.69 Å². The highest BCUT2D eigenvalue weighted by atomic mass is 32.1. The predicted octanol–water partition coefficient (Wildman–Crippen LogP) is 2.07. The zero-order valence-corrected chi connectivity index (χ0v) is 11.9. The molecule has 0 spiro atoms. The summed E-state index contributed by atoms with van der Waals surface area (Å²) in [5.41, 5.74) is 4.79. The Balaban J connectivity index is 1.88. The van der Waals surface area contributed by atoms with Crippen LogP contribution in [-0.4, -0.2) is 25.0 Å². The molecule has 100 valence electrons. The Morgan fingerprint density at radius 1 is 1.42 bits per heavy atom. The summed E-state index contributed by atoms with van der Waals surface area (Å²) >= 11 is 1.50. The third kappa shape index (κ3) is 4.06. The van der Waals surface area contributed by atoms with Crippen molar-refractivity contribution >= 4 is 22.9 Å². The lowest BCUT2D eigenvalue weighted by Gasteiger charge is -2.13. The highest BCUT2D eigenvalue weighted by Gasteiger charge is 2.05. The van der Waals surface area contributed by atoms with Crippen LogP contribution in [0.1, 0.15) is 11.3 Å². The number of anilines is 1. The molecule has 1 aromatic heterocycles. The number of carbonyl (C=O) groups is 1. The fourth-order valence-electron chi connectivity index (χ4n) is 1.70. The normalized spacial score (nSPS) is 10.2. The molecule has 0 bridgehead atoms. The minimum Gasteiger partial charge on any atom is -0.378 e. The number of benzene rings is 1. The maximum absolute atomic E-state index is 11.7. The van der Waals surface area contributed by atoms with Crippen molar-refractivity contribution in [2.45, 2.75) is 13.0 Å². The van der Waals surface area contributed by atoms with E-state index in [9.17, 15) is 4.79 Å². The van der Waals surface area contributed by atoms with E-state index in [1.807, 2.05) is 42.6 Å². The van der Waals surface area contributed by atoms with Gasteiger partial charge in [-0.25, -0.2) is 4.98 Å². The van der Waals surface area contributed by atoms with Crippen molar-refractivity contribution in [1.29, 1.82) is 0 Å². The van der Waals surface area contributed by atoms with E-state index in [1.165, 1.54) is 11.3 Å². The van der Waals surface area contributed by atoms with E-state index in [0.717, 1.165) is 16.9 Å². The average Bonchev–Trinajstić information content (AvgIpc) is 2.89. The SMILES string of the molecule is CN(C)c1cccc(CNC(=O)Cc2cscn2)c1. The smallest absolute Gasteiger partial charge is 0.226 e. The summed E-state index contributed by atoms with van der Waals surface area (Å²) in [6.07, 6.45) is 0.344. The molecule has 1 heterocycles. The molecule has 0 saturated heterocycles. The van der Waals surface area contributed by atoms with Gasteiger partial charge in [-0.15, -0.1) is 11.3 Å². The highest BCUT2D eigenvalue weighted by molar-refractivity contribution is 7.07. The third-order valence-corrected chi connectivity index (χ3v) is 3.38. The minimum absolute atomic E-state index is 0.00107. The average molecular weight is 275 g/mol. The van der Waals surface area contributed by atoms with Gasteiger partial charge in [0.2, 0.25) is 5.91 Å². The van der Waals surface area contributed by atoms with Gasteiger partial charge in [-0.05, 0) is 17.7 Å². The third-order valence-electron chi connectivity index (χ3n) is 2.74. The van der Waals surface area contributed by atoms with Crippen LogP contribution in [0.15, 0.2) is 35.2 Å². The van der Waals surface area contributed by atoms with Crippen LogP contribution < -0.4 is 10.2 Å². The van der Waals surface area contributed by atoms with Crippen molar-refractivity contribution in [1.82, 2.24) is 10.3 Å². The number of hydrogen-bond acceptors (Lipinski definition) is 4. The molecular formula is C14H17N3OS. The van der Waals surface area contributed by atoms with Gasteiger partial charge >= 0.3 is 0 Å². The Kier molecular flexibility index (Phi) is 4.52. The molecule has 1 N–H and O–H groups in total. The number of aromatic nitrogens is 1. The Bertz CT molecular complexity index is 537. The second-order valence-electron chi connectivity index (χ2n) is 4.50. The monoisotopic (exact) mass is 275 g/mol. The Morgan fingerprint density at radius 2 is 2.26 bits per heavy atom. The van der Waals surface area contributed by atoms with Crippen LogP contribution in [0.3, 0.4) is 0 Å². The second-order valence-corrected chi connectivity index (χ2v) is 5.22. The van der Waals surface area contributed by atoms with Crippen LogP contribution in [0, 0.1) is 0 Å². The molecule has 5 heteroatoms. The van der Waals surface area contributed by atoms with E-state index < -0.39 is 0 Å². The first-order valence-electron chi connectivity index (χ1n) is 6.05. The lowest BCUT2D eigenvalue weighted by atomic mass is 10.2. The highest BCUT2D eigenvalue weighted by Crippen LogP contribution is 2.13. The Hall–Kier alpha value is -1.88. The first-order chi connectivity index (χ1) is 9.15. The van der Waals surface area contributed by atoms with Crippen molar-refractivity contribution in [3.05, 3.63) is 46.4 Å². The van der Waals surface area contributed by atoms with Crippen LogP contribution in [-0.2, 0) is 17.8 Å². The summed E-state index contributed by atoms with van der Waals surface area (Å²) in [4.78, 5) is 17.9. The van der Waals surface area contributed by atoms with Crippen LogP contribution in [0.5, 0.6) is 0 Å². The lowest BCUT2D eigenvalue weighted by Crippen LogP contribution is -2.24. The van der Waals surface area contributed by atoms with Gasteiger partial charge in [0.05, 0.1) is 17.6 Å². The van der Waals surface area contributed by atoms with E-state index in [2.05, 4.69) is 16.4 Å². The number of nitrogens with one attached hydrogen (secondary N) is 1. The van der Waals surface area contributed by atoms with Gasteiger partial charge in [-0.2, -0.15) is 0 Å². The molecule has 2 rings (SSSR count). The van der Waals surface area contributed by atoms with Gasteiger partial charge in [0, 0.05) is 31.7 Å². The summed E-state index contributed by atoms with van der Waals surface area (Å²) in [6.45, 7) is 0.546. The van der Waals surface area contributed by atoms with Crippen LogP contribution >= 0.6 is 11.3 Å². The van der Waals surface area contributed by atoms with Crippen LogP contribution in [0.25, 0.3) is 0 Å². The molecule has 19 heavy (non-hydrogen) atoms. The molecule has 0 fully saturated rings. The molecule has 4 nitrogen and oxygen atoms in total. The van der Waals surface area contributed by atoms with Crippen molar-refractivity contribution in [2.75, 3.05) is 19.0 Å². The summed E-state index contributed by atoms with van der Waals surface area (Å²) in [6, 6.07) is 8.12. The second kappa shape index (κ2) is 6.33. The summed E-state index contributed by atoms with van der Waals surface area (Å²) in [7, 11) is 4.00. The molecule has 0 aliphatic carbocycles. The molecule has 0 aliphatic rings. The van der Waals surface area contributed by atoms with Gasteiger partial charge in [0.1, 0.15) is 0 Å². The van der Waals surface area contributed by atoms with Gasteiger partial charge in [-0.1, -0.05) is 12.1 Å². The summed E-state index contributed by atoms with van der Waals surface area (Å²) in [5, 5.41) is 4.81. The Morgan fingerprint density at radius 3 is 2.95 bits per heavy atom. The number of carbonyl (C=O) groups excluding carboxylic acids is 1. The van der Waals surface area contributed by atoms with Crippen molar-refractivity contribution in [3.63, 3.8) is 0 Å². The van der Waals surface area contributed by atoms with Crippen molar-refractivity contribution in [3.8, 4) is 0 Å². The molecule has 1 aromatic carbocycles. The van der Waals surface area contributed by atoms with E-state index in [-0.39, 0.29) is 5.91 Å². The zero-order valence-electron chi connectivity index (χ0n) is 11.1. The summed E-state index contributed by atoms with van der Waals surface area (Å²) in [5.74, 6) is 0.00107. The van der Waals surface area contributed by atoms with Gasteiger partial charge in [0.15, 0.2) is 0 Å². The zero-order chi connectivity index (χ0) is 13.7. The predicted molar refractivity (Wildman–Crippen MR) is 78.4 cm³/mol. The lowest BCUT2D eigenvalue weighted by molar-refractivity contribution is -0.120.